The van der Waals surface area contributed by atoms with E-state index in [9.17, 15) is 4.79 Å². The summed E-state index contributed by atoms with van der Waals surface area (Å²) in [6.45, 7) is 1.86. The maximum Gasteiger partial charge on any atom is 0.193 e. The Morgan fingerprint density at radius 3 is 2.41 bits per heavy atom. The normalized spacial score (nSPS) is 21.6. The highest BCUT2D eigenvalue weighted by molar-refractivity contribution is 6.10. The molecule has 1 atom stereocenters. The molecule has 2 aromatic carbocycles. The van der Waals surface area contributed by atoms with Crippen LogP contribution in [-0.4, -0.2) is 23.8 Å². The molecule has 3 nitrogen and oxygen atoms in total. The Morgan fingerprint density at radius 2 is 1.63 bits per heavy atom. The zero-order chi connectivity index (χ0) is 18.2. The third-order valence-corrected chi connectivity index (χ3v) is 6.01. The van der Waals surface area contributed by atoms with Crippen LogP contribution in [0.4, 0.5) is 0 Å². The van der Waals surface area contributed by atoms with Gasteiger partial charge in [-0.25, -0.2) is 0 Å². The van der Waals surface area contributed by atoms with Crippen molar-refractivity contribution in [1.82, 2.24) is 10.2 Å². The molecular formula is C24H24N2O. The Morgan fingerprint density at radius 1 is 0.926 bits per heavy atom. The lowest BCUT2D eigenvalue weighted by Gasteiger charge is -2.39. The van der Waals surface area contributed by atoms with Gasteiger partial charge < -0.3 is 10.2 Å². The van der Waals surface area contributed by atoms with Crippen LogP contribution in [0.1, 0.15) is 47.5 Å². The summed E-state index contributed by atoms with van der Waals surface area (Å²) in [6.07, 6.45) is 4.67. The topological polar surface area (TPSA) is 32.3 Å². The predicted molar refractivity (Wildman–Crippen MR) is 107 cm³/mol. The summed E-state index contributed by atoms with van der Waals surface area (Å²) in [5, 5.41) is 3.54. The van der Waals surface area contributed by atoms with Crippen molar-refractivity contribution in [1.29, 1.82) is 0 Å². The van der Waals surface area contributed by atoms with Gasteiger partial charge in [0, 0.05) is 30.3 Å². The summed E-state index contributed by atoms with van der Waals surface area (Å²) >= 11 is 0. The first-order valence-electron chi connectivity index (χ1n) is 9.97. The van der Waals surface area contributed by atoms with Gasteiger partial charge in [0.2, 0.25) is 0 Å². The number of nitrogens with one attached hydrogen (secondary N) is 1. The number of ketones is 1. The molecule has 3 aliphatic rings. The molecule has 0 bridgehead atoms. The van der Waals surface area contributed by atoms with E-state index in [1.807, 2.05) is 30.3 Å². The second kappa shape index (κ2) is 6.73. The molecule has 136 valence electrons. The quantitative estimate of drug-likeness (QED) is 0.815. The SMILES string of the molecule is O=C(C1=C2NCCN2C2=C(CCCC2)C1c1ccccc1)c1ccccc1. The molecule has 27 heavy (non-hydrogen) atoms. The number of carbonyl (C=O) groups is 1. The highest BCUT2D eigenvalue weighted by atomic mass is 16.1. The fraction of sp³-hybridized carbons (Fsp3) is 0.292. The van der Waals surface area contributed by atoms with Gasteiger partial charge in [-0.15, -0.1) is 0 Å². The molecule has 0 saturated carbocycles. The van der Waals surface area contributed by atoms with E-state index in [1.165, 1.54) is 29.7 Å². The lowest BCUT2D eigenvalue weighted by atomic mass is 9.74. The van der Waals surface area contributed by atoms with E-state index in [0.29, 0.717) is 0 Å². The second-order valence-corrected chi connectivity index (χ2v) is 7.56. The van der Waals surface area contributed by atoms with Gasteiger partial charge in [-0.3, -0.25) is 4.79 Å². The molecule has 2 heterocycles. The number of hydrogen-bond acceptors (Lipinski definition) is 3. The molecule has 0 radical (unpaired) electrons. The summed E-state index contributed by atoms with van der Waals surface area (Å²) in [4.78, 5) is 16.0. The van der Waals surface area contributed by atoms with Gasteiger partial charge >= 0.3 is 0 Å². The summed E-state index contributed by atoms with van der Waals surface area (Å²) in [7, 11) is 0. The molecule has 3 heteroatoms. The fourth-order valence-corrected chi connectivity index (χ4v) is 4.84. The van der Waals surface area contributed by atoms with E-state index in [2.05, 4.69) is 40.5 Å². The van der Waals surface area contributed by atoms with Gasteiger partial charge in [-0.05, 0) is 36.8 Å². The monoisotopic (exact) mass is 356 g/mol. The molecule has 1 N–H and O–H groups in total. The molecule has 2 aromatic rings. The van der Waals surface area contributed by atoms with E-state index in [4.69, 9.17) is 0 Å². The molecule has 0 spiro atoms. The minimum atomic E-state index is 0.0612. The summed E-state index contributed by atoms with van der Waals surface area (Å²) < 4.78 is 0. The Bertz CT molecular complexity index is 927. The van der Waals surface area contributed by atoms with Crippen molar-refractivity contribution < 1.29 is 4.79 Å². The van der Waals surface area contributed by atoms with Crippen molar-refractivity contribution >= 4 is 5.78 Å². The number of nitrogens with zero attached hydrogens (tertiary/aromatic N) is 1. The van der Waals surface area contributed by atoms with Crippen LogP contribution in [0.2, 0.25) is 0 Å². The zero-order valence-electron chi connectivity index (χ0n) is 15.4. The van der Waals surface area contributed by atoms with Crippen molar-refractivity contribution in [2.45, 2.75) is 31.6 Å². The van der Waals surface area contributed by atoms with Crippen LogP contribution < -0.4 is 5.32 Å². The third kappa shape index (κ3) is 2.69. The third-order valence-electron chi connectivity index (χ3n) is 6.01. The van der Waals surface area contributed by atoms with Crippen LogP contribution in [-0.2, 0) is 0 Å². The van der Waals surface area contributed by atoms with Crippen LogP contribution in [0.15, 0.2) is 83.3 Å². The number of allylic oxidation sites excluding steroid dienone is 3. The highest BCUT2D eigenvalue weighted by Gasteiger charge is 2.41. The lowest BCUT2D eigenvalue weighted by molar-refractivity contribution is 0.102. The van der Waals surface area contributed by atoms with E-state index in [-0.39, 0.29) is 11.7 Å². The van der Waals surface area contributed by atoms with Gasteiger partial charge in [-0.2, -0.15) is 0 Å². The van der Waals surface area contributed by atoms with Crippen LogP contribution in [0, 0.1) is 0 Å². The minimum Gasteiger partial charge on any atom is -0.369 e. The minimum absolute atomic E-state index is 0.0612. The zero-order valence-corrected chi connectivity index (χ0v) is 15.4. The largest absolute Gasteiger partial charge is 0.369 e. The predicted octanol–water partition coefficient (Wildman–Crippen LogP) is 4.61. The molecule has 1 saturated heterocycles. The molecule has 0 aromatic heterocycles. The van der Waals surface area contributed by atoms with Crippen LogP contribution in [0.25, 0.3) is 0 Å². The van der Waals surface area contributed by atoms with Crippen molar-refractivity contribution in [3.8, 4) is 0 Å². The van der Waals surface area contributed by atoms with Crippen LogP contribution in [0.5, 0.6) is 0 Å². The molecular weight excluding hydrogens is 332 g/mol. The highest BCUT2D eigenvalue weighted by Crippen LogP contribution is 2.48. The van der Waals surface area contributed by atoms with Crippen molar-refractivity contribution in [3.63, 3.8) is 0 Å². The van der Waals surface area contributed by atoms with Crippen LogP contribution >= 0.6 is 0 Å². The average Bonchev–Trinajstić information content (AvgIpc) is 3.23. The van der Waals surface area contributed by atoms with E-state index < -0.39 is 0 Å². The summed E-state index contributed by atoms with van der Waals surface area (Å²) in [5.74, 6) is 1.25. The fourth-order valence-electron chi connectivity index (χ4n) is 4.84. The first-order chi connectivity index (χ1) is 13.3. The maximum absolute atomic E-state index is 13.7. The number of carbonyl (C=O) groups excluding carboxylic acids is 1. The van der Waals surface area contributed by atoms with Gasteiger partial charge in [-0.1, -0.05) is 60.7 Å². The number of hydrogen-bond donors (Lipinski definition) is 1. The molecule has 1 aliphatic carbocycles. The first-order valence-corrected chi connectivity index (χ1v) is 9.97. The standard InChI is InChI=1S/C24H24N2O/c27-23(18-11-5-2-6-12-18)22-21(17-9-3-1-4-10-17)19-13-7-8-14-20(19)26-16-15-25-24(22)26/h1-6,9-12,21,25H,7-8,13-16H2. The van der Waals surface area contributed by atoms with Gasteiger partial charge in [0.25, 0.3) is 0 Å². The average molecular weight is 356 g/mol. The first kappa shape index (κ1) is 16.4. The van der Waals surface area contributed by atoms with E-state index in [0.717, 1.165) is 42.9 Å². The van der Waals surface area contributed by atoms with Gasteiger partial charge in [0.15, 0.2) is 5.78 Å². The molecule has 1 unspecified atom stereocenters. The Balaban J connectivity index is 1.71. The molecule has 1 fully saturated rings. The summed E-state index contributed by atoms with van der Waals surface area (Å²) in [5.41, 5.74) is 5.84. The summed E-state index contributed by atoms with van der Waals surface area (Å²) in [6, 6.07) is 20.3. The van der Waals surface area contributed by atoms with Crippen molar-refractivity contribution in [2.24, 2.45) is 0 Å². The van der Waals surface area contributed by atoms with E-state index in [1.54, 1.807) is 0 Å². The maximum atomic E-state index is 13.7. The van der Waals surface area contributed by atoms with Crippen LogP contribution in [0.3, 0.4) is 0 Å². The number of benzene rings is 2. The van der Waals surface area contributed by atoms with Crippen molar-refractivity contribution in [3.05, 3.63) is 94.5 Å². The number of Topliss-reactive ketones (excluding diaryl/α,β-unsaturated/α-hetero) is 1. The Labute approximate surface area is 160 Å². The number of fused-ring (bicyclic) bond motifs is 2. The molecule has 0 amide bonds. The smallest absolute Gasteiger partial charge is 0.193 e. The lowest BCUT2D eigenvalue weighted by Crippen LogP contribution is -2.34. The van der Waals surface area contributed by atoms with E-state index >= 15 is 0 Å². The van der Waals surface area contributed by atoms with Crippen molar-refractivity contribution in [2.75, 3.05) is 13.1 Å². The van der Waals surface area contributed by atoms with Gasteiger partial charge in [0.05, 0.1) is 5.57 Å². The Hall–Kier alpha value is -2.81. The molecule has 2 aliphatic heterocycles. The van der Waals surface area contributed by atoms with Gasteiger partial charge in [0.1, 0.15) is 5.82 Å². The Kier molecular flexibility index (Phi) is 4.08. The second-order valence-electron chi connectivity index (χ2n) is 7.56. The number of rotatable bonds is 3. The molecule has 5 rings (SSSR count).